The summed E-state index contributed by atoms with van der Waals surface area (Å²) in [5, 5.41) is 10.5. The van der Waals surface area contributed by atoms with Crippen molar-refractivity contribution in [2.75, 3.05) is 7.11 Å². The molecule has 0 bridgehead atoms. The molecule has 94 valence electrons. The van der Waals surface area contributed by atoms with Gasteiger partial charge in [-0.25, -0.2) is 0 Å². The molecule has 1 aromatic rings. The second-order valence-corrected chi connectivity index (χ2v) is 5.28. The fourth-order valence-corrected chi connectivity index (χ4v) is 2.73. The average Bonchev–Trinajstić information content (AvgIpc) is 2.39. The van der Waals surface area contributed by atoms with E-state index in [1.165, 1.54) is 19.3 Å². The molecule has 1 fully saturated rings. The van der Waals surface area contributed by atoms with Crippen LogP contribution >= 0.6 is 0 Å². The number of rotatable bonds is 3. The highest BCUT2D eigenvalue weighted by atomic mass is 16.5. The standard InChI is InChI=1S/C14H21NO2/c1-14(6-4-3-5-7-14)13(16)11-8-12(17-2)10-15-9-11/h8-10,13,16H,3-7H2,1-2H3. The Hall–Kier alpha value is -1.09. The molecule has 1 aliphatic carbocycles. The number of aromatic nitrogens is 1. The Morgan fingerprint density at radius 1 is 1.29 bits per heavy atom. The average molecular weight is 235 g/mol. The van der Waals surface area contributed by atoms with Crippen LogP contribution in [0.4, 0.5) is 0 Å². The van der Waals surface area contributed by atoms with E-state index in [1.807, 2.05) is 6.07 Å². The molecule has 0 saturated heterocycles. The van der Waals surface area contributed by atoms with Gasteiger partial charge >= 0.3 is 0 Å². The van der Waals surface area contributed by atoms with E-state index in [1.54, 1.807) is 19.5 Å². The van der Waals surface area contributed by atoms with Gasteiger partial charge in [-0.2, -0.15) is 0 Å². The molecule has 1 aromatic heterocycles. The van der Waals surface area contributed by atoms with Crippen molar-refractivity contribution < 1.29 is 9.84 Å². The van der Waals surface area contributed by atoms with Crippen LogP contribution in [0.2, 0.25) is 0 Å². The Kier molecular flexibility index (Phi) is 3.67. The van der Waals surface area contributed by atoms with Gasteiger partial charge in [0.2, 0.25) is 0 Å². The predicted molar refractivity (Wildman–Crippen MR) is 66.9 cm³/mol. The van der Waals surface area contributed by atoms with Gasteiger partial charge < -0.3 is 9.84 Å². The number of hydrogen-bond acceptors (Lipinski definition) is 3. The van der Waals surface area contributed by atoms with Gasteiger partial charge in [-0.15, -0.1) is 0 Å². The molecule has 0 spiro atoms. The molecule has 1 N–H and O–H groups in total. The van der Waals surface area contributed by atoms with E-state index < -0.39 is 6.10 Å². The molecule has 1 atom stereocenters. The monoisotopic (exact) mass is 235 g/mol. The zero-order valence-corrected chi connectivity index (χ0v) is 10.6. The second kappa shape index (κ2) is 5.05. The fourth-order valence-electron chi connectivity index (χ4n) is 2.73. The molecule has 0 aliphatic heterocycles. The van der Waals surface area contributed by atoms with Crippen LogP contribution < -0.4 is 4.74 Å². The van der Waals surface area contributed by atoms with E-state index in [9.17, 15) is 5.11 Å². The van der Waals surface area contributed by atoms with Crippen LogP contribution in [0, 0.1) is 5.41 Å². The van der Waals surface area contributed by atoms with Crippen molar-refractivity contribution in [2.24, 2.45) is 5.41 Å². The maximum atomic E-state index is 10.5. The lowest BCUT2D eigenvalue weighted by molar-refractivity contribution is 0.00784. The molecule has 0 amide bonds. The Morgan fingerprint density at radius 2 is 2.00 bits per heavy atom. The number of aliphatic hydroxyl groups excluding tert-OH is 1. The van der Waals surface area contributed by atoms with Crippen LogP contribution in [-0.4, -0.2) is 17.2 Å². The molecule has 3 nitrogen and oxygen atoms in total. The lowest BCUT2D eigenvalue weighted by atomic mass is 9.70. The zero-order valence-electron chi connectivity index (χ0n) is 10.6. The molecule has 3 heteroatoms. The highest BCUT2D eigenvalue weighted by Crippen LogP contribution is 2.45. The first-order valence-electron chi connectivity index (χ1n) is 6.33. The van der Waals surface area contributed by atoms with Gasteiger partial charge in [0.15, 0.2) is 0 Å². The van der Waals surface area contributed by atoms with Crippen LogP contribution in [0.25, 0.3) is 0 Å². The minimum absolute atomic E-state index is 0.00764. The summed E-state index contributed by atoms with van der Waals surface area (Å²) in [6.07, 6.45) is 8.86. The van der Waals surface area contributed by atoms with E-state index in [4.69, 9.17) is 4.74 Å². The smallest absolute Gasteiger partial charge is 0.137 e. The van der Waals surface area contributed by atoms with E-state index >= 15 is 0 Å². The number of methoxy groups -OCH3 is 1. The van der Waals surface area contributed by atoms with E-state index in [-0.39, 0.29) is 5.41 Å². The Morgan fingerprint density at radius 3 is 2.65 bits per heavy atom. The molecular weight excluding hydrogens is 214 g/mol. The Bertz CT molecular complexity index is 372. The lowest BCUT2D eigenvalue weighted by Gasteiger charge is -2.38. The first-order valence-corrected chi connectivity index (χ1v) is 6.33. The highest BCUT2D eigenvalue weighted by Gasteiger charge is 2.35. The van der Waals surface area contributed by atoms with Gasteiger partial charge in [-0.05, 0) is 24.3 Å². The molecule has 1 heterocycles. The van der Waals surface area contributed by atoms with Crippen LogP contribution in [0.5, 0.6) is 5.75 Å². The number of aliphatic hydroxyl groups is 1. The molecule has 17 heavy (non-hydrogen) atoms. The SMILES string of the molecule is COc1cncc(C(O)C2(C)CCCCC2)c1. The zero-order chi connectivity index (χ0) is 12.3. The van der Waals surface area contributed by atoms with Crippen molar-refractivity contribution in [3.63, 3.8) is 0 Å². The van der Waals surface area contributed by atoms with Crippen molar-refractivity contribution in [1.82, 2.24) is 4.98 Å². The summed E-state index contributed by atoms with van der Waals surface area (Å²) in [4.78, 5) is 4.12. The van der Waals surface area contributed by atoms with Gasteiger partial charge in [-0.3, -0.25) is 4.98 Å². The third-order valence-corrected chi connectivity index (χ3v) is 3.94. The van der Waals surface area contributed by atoms with Crippen molar-refractivity contribution in [1.29, 1.82) is 0 Å². The van der Waals surface area contributed by atoms with Crippen LogP contribution in [-0.2, 0) is 0 Å². The maximum Gasteiger partial charge on any atom is 0.137 e. The lowest BCUT2D eigenvalue weighted by Crippen LogP contribution is -2.28. The largest absolute Gasteiger partial charge is 0.495 e. The van der Waals surface area contributed by atoms with Crippen molar-refractivity contribution in [2.45, 2.75) is 45.1 Å². The number of nitrogens with zero attached hydrogens (tertiary/aromatic N) is 1. The second-order valence-electron chi connectivity index (χ2n) is 5.28. The first-order chi connectivity index (χ1) is 8.15. The van der Waals surface area contributed by atoms with Gasteiger partial charge in [0.1, 0.15) is 5.75 Å². The minimum Gasteiger partial charge on any atom is -0.495 e. The molecule has 1 saturated carbocycles. The molecule has 2 rings (SSSR count). The third-order valence-electron chi connectivity index (χ3n) is 3.94. The Labute approximate surface area is 103 Å². The van der Waals surface area contributed by atoms with Crippen LogP contribution in [0.15, 0.2) is 18.5 Å². The van der Waals surface area contributed by atoms with Crippen LogP contribution in [0.1, 0.15) is 50.7 Å². The maximum absolute atomic E-state index is 10.5. The molecule has 0 radical (unpaired) electrons. The molecular formula is C14H21NO2. The summed E-state index contributed by atoms with van der Waals surface area (Å²) >= 11 is 0. The van der Waals surface area contributed by atoms with Gasteiger partial charge in [0.25, 0.3) is 0 Å². The summed E-state index contributed by atoms with van der Waals surface area (Å²) in [5.41, 5.74) is 0.862. The summed E-state index contributed by atoms with van der Waals surface area (Å²) in [6, 6.07) is 1.89. The highest BCUT2D eigenvalue weighted by molar-refractivity contribution is 5.26. The van der Waals surface area contributed by atoms with Crippen molar-refractivity contribution >= 4 is 0 Å². The molecule has 1 unspecified atom stereocenters. The van der Waals surface area contributed by atoms with Gasteiger partial charge in [0, 0.05) is 11.8 Å². The molecule has 0 aromatic carbocycles. The summed E-state index contributed by atoms with van der Waals surface area (Å²) in [7, 11) is 1.62. The van der Waals surface area contributed by atoms with E-state index in [0.717, 1.165) is 18.4 Å². The topological polar surface area (TPSA) is 42.4 Å². The summed E-state index contributed by atoms with van der Waals surface area (Å²) in [5.74, 6) is 0.709. The summed E-state index contributed by atoms with van der Waals surface area (Å²) < 4.78 is 5.15. The van der Waals surface area contributed by atoms with Gasteiger partial charge in [-0.1, -0.05) is 26.2 Å². The quantitative estimate of drug-likeness (QED) is 0.875. The first kappa shape index (κ1) is 12.4. The van der Waals surface area contributed by atoms with Crippen LogP contribution in [0.3, 0.4) is 0 Å². The van der Waals surface area contributed by atoms with Crippen molar-refractivity contribution in [3.05, 3.63) is 24.0 Å². The number of ether oxygens (including phenoxy) is 1. The normalized spacial score (nSPS) is 20.9. The Balaban J connectivity index is 2.19. The van der Waals surface area contributed by atoms with E-state index in [0.29, 0.717) is 5.75 Å². The third kappa shape index (κ3) is 2.60. The van der Waals surface area contributed by atoms with E-state index in [2.05, 4.69) is 11.9 Å². The fraction of sp³-hybridized carbons (Fsp3) is 0.643. The summed E-state index contributed by atoms with van der Waals surface area (Å²) in [6.45, 7) is 2.18. The van der Waals surface area contributed by atoms with Gasteiger partial charge in [0.05, 0.1) is 19.4 Å². The number of hydrogen-bond donors (Lipinski definition) is 1. The molecule has 1 aliphatic rings. The number of pyridine rings is 1. The predicted octanol–water partition coefficient (Wildman–Crippen LogP) is 3.09. The van der Waals surface area contributed by atoms with Crippen molar-refractivity contribution in [3.8, 4) is 5.75 Å². The minimum atomic E-state index is -0.439.